The topological polar surface area (TPSA) is 72.8 Å². The minimum atomic E-state index is -0.374. The average molecular weight is 945 g/mol. The van der Waals surface area contributed by atoms with Gasteiger partial charge in [0.25, 0.3) is 0 Å². The van der Waals surface area contributed by atoms with Crippen LogP contribution in [0.2, 0.25) is 0 Å². The summed E-state index contributed by atoms with van der Waals surface area (Å²) >= 11 is 0. The molecule has 2 aliphatic carbocycles. The van der Waals surface area contributed by atoms with E-state index in [1.54, 1.807) is 12.2 Å². The van der Waals surface area contributed by atoms with Gasteiger partial charge in [0.05, 0.1) is 13.2 Å². The van der Waals surface area contributed by atoms with Gasteiger partial charge in [-0.05, 0) is 98.5 Å². The van der Waals surface area contributed by atoms with Crippen molar-refractivity contribution in [3.8, 4) is 0 Å². The SMILES string of the molecule is COC(=O)/C=C/C(C)=C/C=C/C(C)=C/C=C/C=C(C)/C=C/C=C(C)/C=C/C(=O)O[C@@H]1CC(C)=C(/C=C/C(C)=C/C=C/C(C)=C/C=C/C=C(C)/C=C/C=C(C)/C=C/[C@H]2C(C)=C[C@H](O)CC2(C)C)C(C)(C)C1. The third-order valence-electron chi connectivity index (χ3n) is 12.0. The Morgan fingerprint density at radius 3 is 1.33 bits per heavy atom. The Labute approximate surface area is 424 Å². The van der Waals surface area contributed by atoms with E-state index in [1.165, 1.54) is 47.1 Å². The number of esters is 2. The average Bonchev–Trinajstić information content (AvgIpc) is 3.26. The van der Waals surface area contributed by atoms with Crippen molar-refractivity contribution >= 4 is 11.9 Å². The number of methoxy groups -OCH3 is 1. The van der Waals surface area contributed by atoms with Crippen LogP contribution < -0.4 is 0 Å². The summed E-state index contributed by atoms with van der Waals surface area (Å²) in [6, 6.07) is 0. The van der Waals surface area contributed by atoms with Crippen LogP contribution in [0.3, 0.4) is 0 Å². The molecule has 2 rings (SSSR count). The Kier molecular flexibility index (Phi) is 26.5. The van der Waals surface area contributed by atoms with E-state index in [1.807, 2.05) is 94.5 Å². The molecule has 0 unspecified atom stereocenters. The highest BCUT2D eigenvalue weighted by Crippen LogP contribution is 2.43. The molecule has 0 radical (unpaired) electrons. The van der Waals surface area contributed by atoms with Crippen molar-refractivity contribution < 1.29 is 24.2 Å². The van der Waals surface area contributed by atoms with Crippen molar-refractivity contribution in [2.24, 2.45) is 16.7 Å². The van der Waals surface area contributed by atoms with E-state index < -0.39 is 0 Å². The Morgan fingerprint density at radius 1 is 0.529 bits per heavy atom. The van der Waals surface area contributed by atoms with Crippen molar-refractivity contribution in [3.05, 3.63) is 238 Å². The summed E-state index contributed by atoms with van der Waals surface area (Å²) in [4.78, 5) is 24.1. The van der Waals surface area contributed by atoms with Gasteiger partial charge in [-0.3, -0.25) is 0 Å². The Bertz CT molecular complexity index is 2440. The number of hydrogen-bond donors (Lipinski definition) is 1. The van der Waals surface area contributed by atoms with Gasteiger partial charge in [-0.2, -0.15) is 0 Å². The normalized spacial score (nSPS) is 22.2. The van der Waals surface area contributed by atoms with Crippen LogP contribution in [-0.4, -0.2) is 36.4 Å². The lowest BCUT2D eigenvalue weighted by molar-refractivity contribution is -0.144. The predicted octanol–water partition coefficient (Wildman–Crippen LogP) is 16.7. The standard InChI is InChI=1S/C65H84O5/c1-48(28-20-32-52(5)36-40-60-56(9)44-58(66)46-64(60,11)12)24-16-17-25-49(2)29-21-33-53(6)37-41-61-57(10)45-59(47-65(61,13)14)70-63(68)43-39-55(8)35-23-31-51(4)27-19-18-26-50(3)30-22-34-54(7)38-42-62(67)69-15/h16-44,58-60,66H,45-47H2,1-15H3/b17-16+,19-18+,28-20+,29-21+,30-22+,31-23+,40-36+,41-37+,42-38+,43-39+,48-24+,49-25+,50-26+,51-27+,52-32+,53-33+,54-34+,55-35+/t58-,59+,60-/m0/s1. The molecule has 0 aromatic carbocycles. The molecule has 0 aromatic heterocycles. The largest absolute Gasteiger partial charge is 0.466 e. The van der Waals surface area contributed by atoms with E-state index in [9.17, 15) is 14.7 Å². The maximum absolute atomic E-state index is 12.9. The van der Waals surface area contributed by atoms with Crippen LogP contribution in [-0.2, 0) is 19.1 Å². The second kappa shape index (κ2) is 31.0. The number of carbonyl (C=O) groups excluding carboxylic acids is 2. The third-order valence-corrected chi connectivity index (χ3v) is 12.0. The first-order chi connectivity index (χ1) is 33.0. The number of aliphatic hydroxyl groups is 1. The molecule has 5 nitrogen and oxygen atoms in total. The molecule has 0 saturated carbocycles. The number of ether oxygens (including phenoxy) is 2. The quantitative estimate of drug-likeness (QED) is 0.0537. The van der Waals surface area contributed by atoms with Crippen LogP contribution in [0, 0.1) is 16.7 Å². The van der Waals surface area contributed by atoms with Crippen molar-refractivity contribution in [2.75, 3.05) is 7.11 Å². The van der Waals surface area contributed by atoms with Crippen LogP contribution in [0.25, 0.3) is 0 Å². The molecule has 0 aliphatic heterocycles. The number of aliphatic hydroxyl groups excluding tert-OH is 1. The summed E-state index contributed by atoms with van der Waals surface area (Å²) in [5.74, 6) is -0.372. The fourth-order valence-corrected chi connectivity index (χ4v) is 8.21. The molecule has 0 aromatic rings. The molecular formula is C65H84O5. The molecule has 374 valence electrons. The summed E-state index contributed by atoms with van der Waals surface area (Å²) in [5, 5.41) is 10.1. The summed E-state index contributed by atoms with van der Waals surface area (Å²) in [7, 11) is 1.36. The minimum absolute atomic E-state index is 0.0360. The molecule has 1 N–H and O–H groups in total. The summed E-state index contributed by atoms with van der Waals surface area (Å²) in [6.45, 7) is 29.5. The Balaban J connectivity index is 1.88. The third kappa shape index (κ3) is 24.8. The zero-order valence-electron chi connectivity index (χ0n) is 45.2. The highest BCUT2D eigenvalue weighted by Gasteiger charge is 2.35. The lowest BCUT2D eigenvalue weighted by Gasteiger charge is -2.38. The lowest BCUT2D eigenvalue weighted by Crippen LogP contribution is -2.32. The van der Waals surface area contributed by atoms with Crippen LogP contribution >= 0.6 is 0 Å². The van der Waals surface area contributed by atoms with Crippen molar-refractivity contribution in [2.45, 2.75) is 128 Å². The smallest absolute Gasteiger partial charge is 0.331 e. The van der Waals surface area contributed by atoms with Crippen LogP contribution in [0.15, 0.2) is 238 Å². The highest BCUT2D eigenvalue weighted by molar-refractivity contribution is 5.83. The second-order valence-electron chi connectivity index (χ2n) is 20.1. The number of allylic oxidation sites excluding steroid dienone is 36. The van der Waals surface area contributed by atoms with E-state index in [2.05, 4.69) is 159 Å². The number of hydrogen-bond acceptors (Lipinski definition) is 5. The van der Waals surface area contributed by atoms with E-state index >= 15 is 0 Å². The van der Waals surface area contributed by atoms with Gasteiger partial charge in [-0.25, -0.2) is 9.59 Å². The molecular weight excluding hydrogens is 861 g/mol. The molecule has 5 heteroatoms. The number of carbonyl (C=O) groups is 2. The zero-order chi connectivity index (χ0) is 52.3. The van der Waals surface area contributed by atoms with Gasteiger partial charge >= 0.3 is 11.9 Å². The van der Waals surface area contributed by atoms with Gasteiger partial charge in [0.2, 0.25) is 0 Å². The monoisotopic (exact) mass is 945 g/mol. The van der Waals surface area contributed by atoms with E-state index in [0.29, 0.717) is 12.3 Å². The van der Waals surface area contributed by atoms with Crippen molar-refractivity contribution in [1.29, 1.82) is 0 Å². The molecule has 0 bridgehead atoms. The maximum atomic E-state index is 12.9. The molecule has 70 heavy (non-hydrogen) atoms. The van der Waals surface area contributed by atoms with Gasteiger partial charge in [-0.15, -0.1) is 0 Å². The molecule has 0 heterocycles. The van der Waals surface area contributed by atoms with Gasteiger partial charge in [0.1, 0.15) is 6.10 Å². The van der Waals surface area contributed by atoms with E-state index in [-0.39, 0.29) is 35.0 Å². The first kappa shape index (κ1) is 59.8. The number of rotatable bonds is 21. The fourth-order valence-electron chi connectivity index (χ4n) is 8.21. The molecule has 2 aliphatic rings. The van der Waals surface area contributed by atoms with Gasteiger partial charge in [-0.1, -0.05) is 247 Å². The fraction of sp³-hybridized carbons (Fsp3) is 0.354. The van der Waals surface area contributed by atoms with Crippen LogP contribution in [0.4, 0.5) is 0 Å². The van der Waals surface area contributed by atoms with E-state index in [4.69, 9.17) is 4.74 Å². The first-order valence-corrected chi connectivity index (χ1v) is 24.5. The summed E-state index contributed by atoms with van der Waals surface area (Å²) in [6.07, 6.45) is 59.9. The highest BCUT2D eigenvalue weighted by atomic mass is 16.5. The Morgan fingerprint density at radius 2 is 0.914 bits per heavy atom. The maximum Gasteiger partial charge on any atom is 0.331 e. The van der Waals surface area contributed by atoms with Gasteiger partial charge < -0.3 is 14.6 Å². The van der Waals surface area contributed by atoms with Crippen molar-refractivity contribution in [3.63, 3.8) is 0 Å². The minimum Gasteiger partial charge on any atom is -0.466 e. The molecule has 0 fully saturated rings. The molecule has 0 amide bonds. The lowest BCUT2D eigenvalue weighted by atomic mass is 9.67. The summed E-state index contributed by atoms with van der Waals surface area (Å²) in [5.41, 5.74) is 12.4. The molecule has 3 atom stereocenters. The van der Waals surface area contributed by atoms with Crippen molar-refractivity contribution in [1.82, 2.24) is 0 Å². The van der Waals surface area contributed by atoms with Crippen LogP contribution in [0.1, 0.15) is 116 Å². The first-order valence-electron chi connectivity index (χ1n) is 24.5. The Hall–Kier alpha value is -6.30. The predicted molar refractivity (Wildman–Crippen MR) is 301 cm³/mol. The van der Waals surface area contributed by atoms with Crippen LogP contribution in [0.5, 0.6) is 0 Å². The second-order valence-corrected chi connectivity index (χ2v) is 20.1. The van der Waals surface area contributed by atoms with Gasteiger partial charge in [0.15, 0.2) is 0 Å². The molecule has 0 saturated heterocycles. The molecule has 0 spiro atoms. The van der Waals surface area contributed by atoms with Gasteiger partial charge in [0, 0.05) is 24.5 Å². The van der Waals surface area contributed by atoms with E-state index in [0.717, 1.165) is 46.3 Å². The summed E-state index contributed by atoms with van der Waals surface area (Å²) < 4.78 is 10.6. The zero-order valence-corrected chi connectivity index (χ0v) is 45.2.